The highest BCUT2D eigenvalue weighted by molar-refractivity contribution is 7.89. The van der Waals surface area contributed by atoms with Crippen LogP contribution in [0.25, 0.3) is 0 Å². The minimum absolute atomic E-state index is 0.0746. The molecule has 1 N–H and O–H groups in total. The number of hydrogen-bond acceptors (Lipinski definition) is 5. The fourth-order valence-corrected chi connectivity index (χ4v) is 3.46. The van der Waals surface area contributed by atoms with Gasteiger partial charge in [0, 0.05) is 25.8 Å². The van der Waals surface area contributed by atoms with Crippen LogP contribution in [-0.4, -0.2) is 42.5 Å². The van der Waals surface area contributed by atoms with Crippen LogP contribution in [0.4, 0.5) is 5.69 Å². The van der Waals surface area contributed by atoms with Gasteiger partial charge < -0.3 is 5.32 Å². The van der Waals surface area contributed by atoms with Gasteiger partial charge in [0.15, 0.2) is 0 Å². The van der Waals surface area contributed by atoms with E-state index in [1.807, 2.05) is 30.3 Å². The van der Waals surface area contributed by atoms with Gasteiger partial charge in [-0.05, 0) is 35.9 Å². The minimum Gasteiger partial charge on any atom is -0.321 e. The Labute approximate surface area is 168 Å². The highest BCUT2D eigenvalue weighted by Crippen LogP contribution is 2.17. The highest BCUT2D eigenvalue weighted by atomic mass is 32.2. The van der Waals surface area contributed by atoms with E-state index in [4.69, 9.17) is 0 Å². The number of rotatable bonds is 6. The lowest BCUT2D eigenvalue weighted by Gasteiger charge is -2.12. The first-order valence-corrected chi connectivity index (χ1v) is 10.2. The Morgan fingerprint density at radius 3 is 2.28 bits per heavy atom. The van der Waals surface area contributed by atoms with E-state index in [0.717, 1.165) is 9.87 Å². The molecule has 9 heteroatoms. The fourth-order valence-electron chi connectivity index (χ4n) is 2.56. The molecule has 0 spiro atoms. The zero-order chi connectivity index (χ0) is 21.0. The molecule has 2 aromatic carbocycles. The number of nitrogens with zero attached hydrogens (tertiary/aromatic N) is 3. The molecule has 0 aliphatic heterocycles. The molecule has 1 amide bonds. The standard InChI is InChI=1S/C20H20N4O4S/c1-23(2)29(27,28)17-10-8-16(9-11-17)21-20(26)18-12-13-19(25)24(22-18)14-15-6-4-3-5-7-15/h3-13H,14H2,1-2H3,(H,21,26). The van der Waals surface area contributed by atoms with Crippen molar-refractivity contribution in [3.63, 3.8) is 0 Å². The lowest BCUT2D eigenvalue weighted by atomic mass is 10.2. The molecule has 0 saturated carbocycles. The van der Waals surface area contributed by atoms with Gasteiger partial charge in [-0.2, -0.15) is 5.10 Å². The molecule has 3 aromatic rings. The van der Waals surface area contributed by atoms with Gasteiger partial charge in [0.2, 0.25) is 10.0 Å². The van der Waals surface area contributed by atoms with E-state index in [0.29, 0.717) is 5.69 Å². The summed E-state index contributed by atoms with van der Waals surface area (Å²) in [5.74, 6) is -0.505. The molecule has 0 fully saturated rings. The molecule has 1 heterocycles. The predicted octanol–water partition coefficient (Wildman–Crippen LogP) is 1.79. The van der Waals surface area contributed by atoms with Crippen LogP contribution in [0.15, 0.2) is 76.4 Å². The number of carbonyl (C=O) groups is 1. The van der Waals surface area contributed by atoms with Crippen LogP contribution in [-0.2, 0) is 16.6 Å². The second-order valence-corrected chi connectivity index (χ2v) is 8.62. The number of amides is 1. The van der Waals surface area contributed by atoms with Gasteiger partial charge in [-0.25, -0.2) is 17.4 Å². The number of anilines is 1. The number of nitrogens with one attached hydrogen (secondary N) is 1. The monoisotopic (exact) mass is 412 g/mol. The van der Waals surface area contributed by atoms with Crippen LogP contribution in [0.1, 0.15) is 16.1 Å². The van der Waals surface area contributed by atoms with Crippen LogP contribution in [0.5, 0.6) is 0 Å². The average molecular weight is 412 g/mol. The van der Waals surface area contributed by atoms with Gasteiger partial charge in [-0.3, -0.25) is 9.59 Å². The summed E-state index contributed by atoms with van der Waals surface area (Å²) in [6.45, 7) is 0.248. The molecular formula is C20H20N4O4S. The number of sulfonamides is 1. The summed E-state index contributed by atoms with van der Waals surface area (Å²) < 4.78 is 26.5. The summed E-state index contributed by atoms with van der Waals surface area (Å²) in [5.41, 5.74) is 1.06. The molecule has 150 valence electrons. The van der Waals surface area contributed by atoms with Crippen molar-refractivity contribution in [2.75, 3.05) is 19.4 Å². The van der Waals surface area contributed by atoms with Gasteiger partial charge in [0.1, 0.15) is 5.69 Å². The minimum atomic E-state index is -3.54. The molecule has 0 unspecified atom stereocenters. The summed E-state index contributed by atoms with van der Waals surface area (Å²) in [4.78, 5) is 24.7. The molecule has 0 aliphatic carbocycles. The van der Waals surface area contributed by atoms with E-state index in [1.54, 1.807) is 0 Å². The Morgan fingerprint density at radius 2 is 1.66 bits per heavy atom. The van der Waals surface area contributed by atoms with Crippen LogP contribution in [0, 0.1) is 0 Å². The number of hydrogen-bond donors (Lipinski definition) is 1. The molecule has 0 aliphatic rings. The highest BCUT2D eigenvalue weighted by Gasteiger charge is 2.17. The van der Waals surface area contributed by atoms with E-state index in [-0.39, 0.29) is 22.7 Å². The topological polar surface area (TPSA) is 101 Å². The molecule has 0 radical (unpaired) electrons. The summed E-state index contributed by atoms with van der Waals surface area (Å²) in [5, 5.41) is 6.78. The molecule has 0 atom stereocenters. The van der Waals surface area contributed by atoms with Gasteiger partial charge in [-0.15, -0.1) is 0 Å². The van der Waals surface area contributed by atoms with Crippen LogP contribution >= 0.6 is 0 Å². The molecule has 1 aromatic heterocycles. The smallest absolute Gasteiger partial charge is 0.276 e. The Kier molecular flexibility index (Phi) is 5.90. The Morgan fingerprint density at radius 1 is 1.00 bits per heavy atom. The third-order valence-corrected chi connectivity index (χ3v) is 5.99. The van der Waals surface area contributed by atoms with E-state index in [1.165, 1.54) is 55.2 Å². The molecule has 0 bridgehead atoms. The van der Waals surface area contributed by atoms with E-state index < -0.39 is 15.9 Å². The summed E-state index contributed by atoms with van der Waals surface area (Å²) in [6.07, 6.45) is 0. The SMILES string of the molecule is CN(C)S(=O)(=O)c1ccc(NC(=O)c2ccc(=O)n(Cc3ccccc3)n2)cc1. The van der Waals surface area contributed by atoms with Crippen molar-refractivity contribution in [3.8, 4) is 0 Å². The lowest BCUT2D eigenvalue weighted by Crippen LogP contribution is -2.26. The van der Waals surface area contributed by atoms with E-state index in [2.05, 4.69) is 10.4 Å². The van der Waals surface area contributed by atoms with Crippen molar-refractivity contribution >= 4 is 21.6 Å². The van der Waals surface area contributed by atoms with Crippen LogP contribution in [0.2, 0.25) is 0 Å². The molecule has 0 saturated heterocycles. The zero-order valence-electron chi connectivity index (χ0n) is 15.9. The lowest BCUT2D eigenvalue weighted by molar-refractivity contribution is 0.102. The first-order valence-electron chi connectivity index (χ1n) is 8.73. The quantitative estimate of drug-likeness (QED) is 0.665. The number of carbonyl (C=O) groups excluding carboxylic acids is 1. The second-order valence-electron chi connectivity index (χ2n) is 6.47. The van der Waals surface area contributed by atoms with Crippen molar-refractivity contribution in [2.24, 2.45) is 0 Å². The summed E-state index contributed by atoms with van der Waals surface area (Å²) in [7, 11) is -0.653. The normalized spacial score (nSPS) is 11.4. The van der Waals surface area contributed by atoms with Crippen LogP contribution in [0.3, 0.4) is 0 Å². The van der Waals surface area contributed by atoms with E-state index in [9.17, 15) is 18.0 Å². The summed E-state index contributed by atoms with van der Waals surface area (Å²) >= 11 is 0. The maximum Gasteiger partial charge on any atom is 0.276 e. The van der Waals surface area contributed by atoms with Crippen molar-refractivity contribution < 1.29 is 13.2 Å². The van der Waals surface area contributed by atoms with Crippen LogP contribution < -0.4 is 10.9 Å². The van der Waals surface area contributed by atoms with Gasteiger partial charge in [0.05, 0.1) is 11.4 Å². The maximum absolute atomic E-state index is 12.5. The molecule has 3 rings (SSSR count). The van der Waals surface area contributed by atoms with Crippen molar-refractivity contribution in [1.29, 1.82) is 0 Å². The molecule has 29 heavy (non-hydrogen) atoms. The Balaban J connectivity index is 1.77. The Bertz CT molecular complexity index is 1170. The molecular weight excluding hydrogens is 392 g/mol. The van der Waals surface area contributed by atoms with Gasteiger partial charge in [0.25, 0.3) is 11.5 Å². The van der Waals surface area contributed by atoms with Gasteiger partial charge >= 0.3 is 0 Å². The zero-order valence-corrected chi connectivity index (χ0v) is 16.8. The van der Waals surface area contributed by atoms with Crippen molar-refractivity contribution in [3.05, 3.63) is 88.3 Å². The summed E-state index contributed by atoms with van der Waals surface area (Å²) in [6, 6.07) is 17.8. The van der Waals surface area contributed by atoms with Crippen molar-refractivity contribution in [1.82, 2.24) is 14.1 Å². The van der Waals surface area contributed by atoms with Crippen molar-refractivity contribution in [2.45, 2.75) is 11.4 Å². The first kappa shape index (κ1) is 20.4. The largest absolute Gasteiger partial charge is 0.321 e. The maximum atomic E-state index is 12.5. The molecule has 8 nitrogen and oxygen atoms in total. The number of benzene rings is 2. The first-order chi connectivity index (χ1) is 13.8. The predicted molar refractivity (Wildman–Crippen MR) is 109 cm³/mol. The second kappa shape index (κ2) is 8.38. The van der Waals surface area contributed by atoms with E-state index >= 15 is 0 Å². The number of aromatic nitrogens is 2. The Hall–Kier alpha value is -3.30. The van der Waals surface area contributed by atoms with Gasteiger partial charge in [-0.1, -0.05) is 30.3 Å². The third-order valence-electron chi connectivity index (χ3n) is 4.17. The average Bonchev–Trinajstić information content (AvgIpc) is 2.70. The fraction of sp³-hybridized carbons (Fsp3) is 0.150. The third kappa shape index (κ3) is 4.76.